The van der Waals surface area contributed by atoms with Crippen molar-refractivity contribution in [3.8, 4) is 0 Å². The minimum Gasteiger partial charge on any atom is -0.477 e. The summed E-state index contributed by atoms with van der Waals surface area (Å²) in [5.41, 5.74) is 0.254. The van der Waals surface area contributed by atoms with E-state index in [1.807, 2.05) is 13.8 Å². The number of nitrogens with zero attached hydrogens (tertiary/aromatic N) is 1. The van der Waals surface area contributed by atoms with Crippen LogP contribution in [0, 0.1) is 0 Å². The maximum Gasteiger partial charge on any atom is 0.417 e. The third kappa shape index (κ3) is 3.88. The molecule has 1 N–H and O–H groups in total. The Hall–Kier alpha value is -1.95. The SMILES string of the molecule is CC(C)c1cc(C(=O)O)n(Cc2ccc(Cl)c(C(F)(F)F)c2)c1. The van der Waals surface area contributed by atoms with Gasteiger partial charge in [-0.2, -0.15) is 13.2 Å². The van der Waals surface area contributed by atoms with E-state index in [1.165, 1.54) is 22.8 Å². The fourth-order valence-corrected chi connectivity index (χ4v) is 2.47. The number of carbonyl (C=O) groups is 1. The molecule has 0 atom stereocenters. The molecule has 0 aliphatic heterocycles. The minimum atomic E-state index is -4.55. The first-order chi connectivity index (χ1) is 10.6. The van der Waals surface area contributed by atoms with Crippen molar-refractivity contribution in [3.63, 3.8) is 0 Å². The van der Waals surface area contributed by atoms with Crippen LogP contribution in [0.5, 0.6) is 0 Å². The number of hydrogen-bond donors (Lipinski definition) is 1. The average Bonchev–Trinajstić information content (AvgIpc) is 2.84. The fraction of sp³-hybridized carbons (Fsp3) is 0.312. The Morgan fingerprint density at radius 3 is 2.48 bits per heavy atom. The normalized spacial score (nSPS) is 12.0. The van der Waals surface area contributed by atoms with Crippen LogP contribution in [0.3, 0.4) is 0 Å². The van der Waals surface area contributed by atoms with Gasteiger partial charge in [-0.3, -0.25) is 0 Å². The molecule has 1 heterocycles. The van der Waals surface area contributed by atoms with E-state index in [2.05, 4.69) is 0 Å². The van der Waals surface area contributed by atoms with Gasteiger partial charge >= 0.3 is 12.1 Å². The summed E-state index contributed by atoms with van der Waals surface area (Å²) in [6, 6.07) is 5.11. The number of aromatic nitrogens is 1. The molecule has 0 aliphatic carbocycles. The molecule has 23 heavy (non-hydrogen) atoms. The second kappa shape index (κ2) is 6.28. The quantitative estimate of drug-likeness (QED) is 0.844. The van der Waals surface area contributed by atoms with E-state index in [4.69, 9.17) is 11.6 Å². The molecule has 0 unspecified atom stereocenters. The van der Waals surface area contributed by atoms with Crippen LogP contribution < -0.4 is 0 Å². The Morgan fingerprint density at radius 2 is 1.96 bits per heavy atom. The number of hydrogen-bond acceptors (Lipinski definition) is 1. The molecule has 0 amide bonds. The number of alkyl halides is 3. The molecular formula is C16H15ClF3NO2. The molecule has 3 nitrogen and oxygen atoms in total. The topological polar surface area (TPSA) is 42.2 Å². The summed E-state index contributed by atoms with van der Waals surface area (Å²) in [7, 11) is 0. The van der Waals surface area contributed by atoms with Gasteiger partial charge in [-0.25, -0.2) is 4.79 Å². The van der Waals surface area contributed by atoms with Crippen LogP contribution >= 0.6 is 11.6 Å². The van der Waals surface area contributed by atoms with Crippen LogP contribution in [-0.4, -0.2) is 15.6 Å². The van der Waals surface area contributed by atoms with Crippen molar-refractivity contribution in [1.82, 2.24) is 4.57 Å². The van der Waals surface area contributed by atoms with Gasteiger partial charge in [0.15, 0.2) is 0 Å². The highest BCUT2D eigenvalue weighted by Crippen LogP contribution is 2.35. The standard InChI is InChI=1S/C16H15ClF3NO2/c1-9(2)11-6-14(15(22)23)21(8-11)7-10-3-4-13(17)12(5-10)16(18,19)20/h3-6,8-9H,7H2,1-2H3,(H,22,23). The summed E-state index contributed by atoms with van der Waals surface area (Å²) in [6.45, 7) is 3.85. The molecule has 0 spiro atoms. The van der Waals surface area contributed by atoms with Crippen LogP contribution in [0.15, 0.2) is 30.5 Å². The number of carboxylic acids is 1. The van der Waals surface area contributed by atoms with Gasteiger partial charge < -0.3 is 9.67 Å². The Labute approximate surface area is 136 Å². The number of benzene rings is 1. The van der Waals surface area contributed by atoms with Gasteiger partial charge in [0.2, 0.25) is 0 Å². The first kappa shape index (κ1) is 17.4. The second-order valence-corrected chi connectivity index (χ2v) is 5.97. The zero-order chi connectivity index (χ0) is 17.4. The van der Waals surface area contributed by atoms with Gasteiger partial charge in [-0.15, -0.1) is 0 Å². The Morgan fingerprint density at radius 1 is 1.30 bits per heavy atom. The van der Waals surface area contributed by atoms with Gasteiger partial charge in [0.25, 0.3) is 0 Å². The van der Waals surface area contributed by atoms with Crippen molar-refractivity contribution in [2.75, 3.05) is 0 Å². The monoisotopic (exact) mass is 345 g/mol. The van der Waals surface area contributed by atoms with Gasteiger partial charge in [0.1, 0.15) is 5.69 Å². The van der Waals surface area contributed by atoms with Gasteiger partial charge in [-0.1, -0.05) is 31.5 Å². The summed E-state index contributed by atoms with van der Waals surface area (Å²) >= 11 is 5.59. The van der Waals surface area contributed by atoms with E-state index in [0.29, 0.717) is 5.56 Å². The minimum absolute atomic E-state index is 0.0224. The lowest BCUT2D eigenvalue weighted by atomic mass is 10.1. The highest BCUT2D eigenvalue weighted by molar-refractivity contribution is 6.31. The van der Waals surface area contributed by atoms with Crippen molar-refractivity contribution in [2.45, 2.75) is 32.5 Å². The maximum absolute atomic E-state index is 12.9. The van der Waals surface area contributed by atoms with Crippen LogP contribution in [0.25, 0.3) is 0 Å². The van der Waals surface area contributed by atoms with E-state index in [0.717, 1.165) is 11.6 Å². The first-order valence-corrected chi connectivity index (χ1v) is 7.26. The molecule has 0 radical (unpaired) electrons. The van der Waals surface area contributed by atoms with E-state index < -0.39 is 17.7 Å². The third-order valence-corrected chi connectivity index (χ3v) is 3.82. The Bertz CT molecular complexity index is 735. The van der Waals surface area contributed by atoms with E-state index in [-0.39, 0.29) is 23.2 Å². The predicted molar refractivity (Wildman–Crippen MR) is 81.0 cm³/mol. The summed E-state index contributed by atoms with van der Waals surface area (Å²) in [5.74, 6) is -1.01. The largest absolute Gasteiger partial charge is 0.477 e. The number of aromatic carboxylic acids is 1. The summed E-state index contributed by atoms with van der Waals surface area (Å²) < 4.78 is 40.1. The molecular weight excluding hydrogens is 331 g/mol. The van der Waals surface area contributed by atoms with Crippen molar-refractivity contribution in [1.29, 1.82) is 0 Å². The summed E-state index contributed by atoms with van der Waals surface area (Å²) in [6.07, 6.45) is -2.90. The first-order valence-electron chi connectivity index (χ1n) is 6.88. The highest BCUT2D eigenvalue weighted by Gasteiger charge is 2.33. The maximum atomic E-state index is 12.9. The molecule has 1 aromatic heterocycles. The Kier molecular flexibility index (Phi) is 4.75. The van der Waals surface area contributed by atoms with Crippen molar-refractivity contribution >= 4 is 17.6 Å². The van der Waals surface area contributed by atoms with Gasteiger partial charge in [0, 0.05) is 12.7 Å². The zero-order valence-corrected chi connectivity index (χ0v) is 13.2. The number of halogens is 4. The zero-order valence-electron chi connectivity index (χ0n) is 12.5. The molecule has 0 saturated carbocycles. The summed E-state index contributed by atoms with van der Waals surface area (Å²) in [5, 5.41) is 8.87. The lowest BCUT2D eigenvalue weighted by molar-refractivity contribution is -0.137. The van der Waals surface area contributed by atoms with E-state index in [9.17, 15) is 23.1 Å². The summed E-state index contributed by atoms with van der Waals surface area (Å²) in [4.78, 5) is 11.3. The molecule has 2 rings (SSSR count). The molecule has 2 aromatic rings. The third-order valence-electron chi connectivity index (χ3n) is 3.49. The van der Waals surface area contributed by atoms with E-state index >= 15 is 0 Å². The van der Waals surface area contributed by atoms with Crippen LogP contribution in [0.4, 0.5) is 13.2 Å². The lowest BCUT2D eigenvalue weighted by Gasteiger charge is -2.12. The predicted octanol–water partition coefficient (Wildman–Crippen LogP) is 5.03. The van der Waals surface area contributed by atoms with Crippen molar-refractivity contribution in [2.24, 2.45) is 0 Å². The molecule has 0 saturated heterocycles. The van der Waals surface area contributed by atoms with Gasteiger partial charge in [0.05, 0.1) is 10.6 Å². The molecule has 0 bridgehead atoms. The number of rotatable bonds is 4. The van der Waals surface area contributed by atoms with Crippen molar-refractivity contribution in [3.05, 3.63) is 57.9 Å². The smallest absolute Gasteiger partial charge is 0.417 e. The molecule has 0 fully saturated rings. The molecule has 7 heteroatoms. The average molecular weight is 346 g/mol. The molecule has 124 valence electrons. The molecule has 1 aromatic carbocycles. The van der Waals surface area contributed by atoms with Crippen LogP contribution in [-0.2, 0) is 12.7 Å². The number of carboxylic acid groups (broad SMARTS) is 1. The van der Waals surface area contributed by atoms with E-state index in [1.54, 1.807) is 6.20 Å². The van der Waals surface area contributed by atoms with Crippen LogP contribution in [0.1, 0.15) is 46.9 Å². The lowest BCUT2D eigenvalue weighted by Crippen LogP contribution is -2.10. The Balaban J connectivity index is 2.41. The second-order valence-electron chi connectivity index (χ2n) is 5.56. The van der Waals surface area contributed by atoms with Crippen molar-refractivity contribution < 1.29 is 23.1 Å². The van der Waals surface area contributed by atoms with Gasteiger partial charge in [-0.05, 0) is 35.2 Å². The fourth-order valence-electron chi connectivity index (χ4n) is 2.24. The highest BCUT2D eigenvalue weighted by atomic mass is 35.5. The molecule has 0 aliphatic rings. The van der Waals surface area contributed by atoms with Crippen LogP contribution in [0.2, 0.25) is 5.02 Å².